The van der Waals surface area contributed by atoms with Gasteiger partial charge in [-0.15, -0.1) is 0 Å². The molecule has 0 amide bonds. The first-order valence-electron chi connectivity index (χ1n) is 4.03. The molecule has 1 saturated carbocycles. The minimum absolute atomic E-state index is 0.00269. The van der Waals surface area contributed by atoms with Gasteiger partial charge in [0.2, 0.25) is 0 Å². The molecule has 1 aliphatic rings. The van der Waals surface area contributed by atoms with Crippen molar-refractivity contribution in [3.05, 3.63) is 27.1 Å². The number of rotatable bonds is 1. The standard InChI is InChI=1S/C8H9BrN2O/c9-7-4-5-8(12)11(10-7)6-2-1-3-6/h4-6H,1-3H2. The van der Waals surface area contributed by atoms with Crippen molar-refractivity contribution in [2.75, 3.05) is 0 Å². The zero-order chi connectivity index (χ0) is 8.55. The molecule has 2 rings (SSSR count). The molecule has 0 saturated heterocycles. The first-order chi connectivity index (χ1) is 5.77. The summed E-state index contributed by atoms with van der Waals surface area (Å²) in [6.07, 6.45) is 3.39. The van der Waals surface area contributed by atoms with Crippen LogP contribution in [0.4, 0.5) is 0 Å². The van der Waals surface area contributed by atoms with Crippen molar-refractivity contribution in [1.82, 2.24) is 9.78 Å². The van der Waals surface area contributed by atoms with Crippen LogP contribution in [-0.2, 0) is 0 Å². The second-order valence-electron chi connectivity index (χ2n) is 3.02. The summed E-state index contributed by atoms with van der Waals surface area (Å²) >= 11 is 3.25. The fourth-order valence-electron chi connectivity index (χ4n) is 1.29. The smallest absolute Gasteiger partial charge is 0.267 e. The van der Waals surface area contributed by atoms with Gasteiger partial charge in [0.25, 0.3) is 5.56 Å². The Labute approximate surface area is 78.5 Å². The molecule has 4 heteroatoms. The van der Waals surface area contributed by atoms with Crippen LogP contribution in [-0.4, -0.2) is 9.78 Å². The molecule has 1 aromatic rings. The summed E-state index contributed by atoms with van der Waals surface area (Å²) in [5.41, 5.74) is 0.00269. The van der Waals surface area contributed by atoms with Gasteiger partial charge >= 0.3 is 0 Å². The Morgan fingerprint density at radius 3 is 2.83 bits per heavy atom. The summed E-state index contributed by atoms with van der Waals surface area (Å²) in [7, 11) is 0. The Hall–Kier alpha value is -0.640. The molecule has 0 N–H and O–H groups in total. The van der Waals surface area contributed by atoms with Crippen LogP contribution in [0.15, 0.2) is 21.5 Å². The van der Waals surface area contributed by atoms with E-state index in [1.807, 2.05) is 0 Å². The van der Waals surface area contributed by atoms with Crippen molar-refractivity contribution < 1.29 is 0 Å². The van der Waals surface area contributed by atoms with Crippen LogP contribution in [0, 0.1) is 0 Å². The predicted molar refractivity (Wildman–Crippen MR) is 49.1 cm³/mol. The Kier molecular flexibility index (Phi) is 2.00. The topological polar surface area (TPSA) is 34.9 Å². The number of hydrogen-bond donors (Lipinski definition) is 0. The molecule has 0 bridgehead atoms. The molecule has 0 radical (unpaired) electrons. The Bertz CT molecular complexity index is 343. The number of nitrogens with zero attached hydrogens (tertiary/aromatic N) is 2. The average molecular weight is 229 g/mol. The fourth-order valence-corrected chi connectivity index (χ4v) is 1.60. The van der Waals surface area contributed by atoms with E-state index in [2.05, 4.69) is 21.0 Å². The average Bonchev–Trinajstić information content (AvgIpc) is 1.93. The maximum atomic E-state index is 11.3. The van der Waals surface area contributed by atoms with E-state index in [4.69, 9.17) is 0 Å². The lowest BCUT2D eigenvalue weighted by atomic mass is 9.93. The first-order valence-corrected chi connectivity index (χ1v) is 4.82. The Morgan fingerprint density at radius 1 is 1.50 bits per heavy atom. The van der Waals surface area contributed by atoms with Gasteiger partial charge in [0.15, 0.2) is 0 Å². The summed E-state index contributed by atoms with van der Waals surface area (Å²) in [6.45, 7) is 0. The molecule has 1 aliphatic carbocycles. The molecule has 0 unspecified atom stereocenters. The maximum Gasteiger partial charge on any atom is 0.267 e. The third kappa shape index (κ3) is 1.31. The van der Waals surface area contributed by atoms with Gasteiger partial charge in [-0.1, -0.05) is 0 Å². The highest BCUT2D eigenvalue weighted by Gasteiger charge is 2.21. The molecule has 12 heavy (non-hydrogen) atoms. The van der Waals surface area contributed by atoms with Crippen molar-refractivity contribution in [1.29, 1.82) is 0 Å². The molecule has 0 aliphatic heterocycles. The van der Waals surface area contributed by atoms with Gasteiger partial charge in [-0.3, -0.25) is 4.79 Å². The van der Waals surface area contributed by atoms with Gasteiger partial charge in [-0.2, -0.15) is 5.10 Å². The minimum Gasteiger partial charge on any atom is -0.268 e. The van der Waals surface area contributed by atoms with Crippen LogP contribution in [0.1, 0.15) is 25.3 Å². The van der Waals surface area contributed by atoms with E-state index in [1.165, 1.54) is 6.42 Å². The van der Waals surface area contributed by atoms with Crippen molar-refractivity contribution in [2.45, 2.75) is 25.3 Å². The molecule has 0 aromatic carbocycles. The lowest BCUT2D eigenvalue weighted by molar-refractivity contribution is 0.277. The first kappa shape index (κ1) is 7.98. The van der Waals surface area contributed by atoms with Gasteiger partial charge in [-0.25, -0.2) is 4.68 Å². The second kappa shape index (κ2) is 3.01. The number of aromatic nitrogens is 2. The molecule has 1 aromatic heterocycles. The van der Waals surface area contributed by atoms with Crippen molar-refractivity contribution >= 4 is 15.9 Å². The highest BCUT2D eigenvalue weighted by Crippen LogP contribution is 2.29. The summed E-state index contributed by atoms with van der Waals surface area (Å²) in [5, 5.41) is 4.12. The van der Waals surface area contributed by atoms with Gasteiger partial charge in [0, 0.05) is 6.07 Å². The number of hydrogen-bond acceptors (Lipinski definition) is 2. The lowest BCUT2D eigenvalue weighted by Gasteiger charge is -2.25. The van der Waals surface area contributed by atoms with Crippen LogP contribution >= 0.6 is 15.9 Å². The fraction of sp³-hybridized carbons (Fsp3) is 0.500. The molecule has 0 spiro atoms. The van der Waals surface area contributed by atoms with Gasteiger partial charge < -0.3 is 0 Å². The van der Waals surface area contributed by atoms with E-state index < -0.39 is 0 Å². The Balaban J connectivity index is 2.40. The van der Waals surface area contributed by atoms with Crippen LogP contribution < -0.4 is 5.56 Å². The lowest BCUT2D eigenvalue weighted by Crippen LogP contribution is -2.30. The third-order valence-corrected chi connectivity index (χ3v) is 2.64. The monoisotopic (exact) mass is 228 g/mol. The summed E-state index contributed by atoms with van der Waals surface area (Å²) < 4.78 is 2.31. The minimum atomic E-state index is 0.00269. The Morgan fingerprint density at radius 2 is 2.25 bits per heavy atom. The van der Waals surface area contributed by atoms with E-state index >= 15 is 0 Å². The normalized spacial score (nSPS) is 17.4. The zero-order valence-corrected chi connectivity index (χ0v) is 8.12. The summed E-state index contributed by atoms with van der Waals surface area (Å²) in [4.78, 5) is 11.3. The number of halogens is 1. The van der Waals surface area contributed by atoms with Crippen LogP contribution in [0.2, 0.25) is 0 Å². The second-order valence-corrected chi connectivity index (χ2v) is 3.84. The predicted octanol–water partition coefficient (Wildman–Crippen LogP) is 1.73. The molecule has 1 fully saturated rings. The van der Waals surface area contributed by atoms with Crippen LogP contribution in [0.3, 0.4) is 0 Å². The largest absolute Gasteiger partial charge is 0.268 e. The van der Waals surface area contributed by atoms with Gasteiger partial charge in [0.1, 0.15) is 4.60 Å². The van der Waals surface area contributed by atoms with E-state index in [0.29, 0.717) is 6.04 Å². The SMILES string of the molecule is O=c1ccc(Br)nn1C1CCC1. The molecule has 64 valence electrons. The zero-order valence-electron chi connectivity index (χ0n) is 6.53. The van der Waals surface area contributed by atoms with Crippen LogP contribution in [0.25, 0.3) is 0 Å². The van der Waals surface area contributed by atoms with Crippen molar-refractivity contribution in [3.8, 4) is 0 Å². The molecular weight excluding hydrogens is 220 g/mol. The van der Waals surface area contributed by atoms with Crippen molar-refractivity contribution in [2.24, 2.45) is 0 Å². The van der Waals surface area contributed by atoms with Gasteiger partial charge in [-0.05, 0) is 41.3 Å². The van der Waals surface area contributed by atoms with Crippen LogP contribution in [0.5, 0.6) is 0 Å². The quantitative estimate of drug-likeness (QED) is 0.734. The van der Waals surface area contributed by atoms with Crippen molar-refractivity contribution in [3.63, 3.8) is 0 Å². The van der Waals surface area contributed by atoms with Gasteiger partial charge in [0.05, 0.1) is 6.04 Å². The highest BCUT2D eigenvalue weighted by molar-refractivity contribution is 9.10. The van der Waals surface area contributed by atoms with E-state index in [0.717, 1.165) is 17.4 Å². The highest BCUT2D eigenvalue weighted by atomic mass is 79.9. The molecule has 0 atom stereocenters. The maximum absolute atomic E-state index is 11.3. The summed E-state index contributed by atoms with van der Waals surface area (Å²) in [5.74, 6) is 0. The third-order valence-electron chi connectivity index (χ3n) is 2.21. The molecule has 3 nitrogen and oxygen atoms in total. The van der Waals surface area contributed by atoms with E-state index in [9.17, 15) is 4.79 Å². The van der Waals surface area contributed by atoms with E-state index in [-0.39, 0.29) is 5.56 Å². The molecular formula is C8H9BrN2O. The summed E-state index contributed by atoms with van der Waals surface area (Å²) in [6, 6.07) is 3.57. The van der Waals surface area contributed by atoms with E-state index in [1.54, 1.807) is 16.8 Å². The molecule has 1 heterocycles.